The van der Waals surface area contributed by atoms with Crippen LogP contribution in [0.3, 0.4) is 0 Å². The molecule has 6 heteroatoms. The summed E-state index contributed by atoms with van der Waals surface area (Å²) in [6.45, 7) is 0. The molecule has 0 atom stereocenters. The van der Waals surface area contributed by atoms with Gasteiger partial charge in [-0.05, 0) is 12.1 Å². The van der Waals surface area contributed by atoms with E-state index in [1.165, 1.54) is 29.1 Å². The van der Waals surface area contributed by atoms with E-state index in [4.69, 9.17) is 11.6 Å². The molecule has 1 amide bonds. The largest absolute Gasteiger partial charge is 0.318 e. The van der Waals surface area contributed by atoms with Crippen molar-refractivity contribution in [2.75, 3.05) is 0 Å². The summed E-state index contributed by atoms with van der Waals surface area (Å²) in [5.41, 5.74) is 3.25. The molecule has 0 unspecified atom stereocenters. The number of benzene rings is 1. The zero-order chi connectivity index (χ0) is 14.5. The maximum absolute atomic E-state index is 11.8. The molecule has 0 aliphatic carbocycles. The Bertz CT molecular complexity index is 722. The minimum Gasteiger partial charge on any atom is -0.318 e. The fraction of sp³-hybridized carbons (Fsp3) is 0.0714. The Morgan fingerprint density at radius 3 is 2.75 bits per heavy atom. The van der Waals surface area contributed by atoms with Gasteiger partial charge in [0.1, 0.15) is 0 Å². The van der Waals surface area contributed by atoms with Crippen molar-refractivity contribution in [1.29, 1.82) is 0 Å². The van der Waals surface area contributed by atoms with E-state index < -0.39 is 5.91 Å². The molecule has 0 spiro atoms. The van der Waals surface area contributed by atoms with E-state index in [9.17, 15) is 9.59 Å². The number of pyridine rings is 1. The minimum absolute atomic E-state index is 0.180. The maximum Gasteiger partial charge on any atom is 0.272 e. The fourth-order valence-corrected chi connectivity index (χ4v) is 1.72. The molecular formula is C14H12ClN3O2. The van der Waals surface area contributed by atoms with Crippen molar-refractivity contribution < 1.29 is 4.79 Å². The zero-order valence-electron chi connectivity index (χ0n) is 10.7. The fourth-order valence-electron chi connectivity index (χ4n) is 1.53. The number of aromatic nitrogens is 1. The standard InChI is InChI=1S/C14H12ClN3O2/c1-18-9-11(6-7-13(18)19)14(20)17-16-8-10-4-2-3-5-12(10)15/h2-9H,1H3,(H,17,20)/b16-8-. The van der Waals surface area contributed by atoms with Crippen LogP contribution in [0, 0.1) is 0 Å². The van der Waals surface area contributed by atoms with Gasteiger partial charge >= 0.3 is 0 Å². The number of halogens is 1. The first-order valence-corrected chi connectivity index (χ1v) is 6.20. The molecule has 1 aromatic carbocycles. The Kier molecular flexibility index (Phi) is 4.32. The molecule has 0 aliphatic heterocycles. The molecule has 0 saturated heterocycles. The molecule has 0 aliphatic rings. The van der Waals surface area contributed by atoms with Crippen LogP contribution in [0.1, 0.15) is 15.9 Å². The molecule has 0 radical (unpaired) electrons. The molecule has 0 bridgehead atoms. The van der Waals surface area contributed by atoms with E-state index in [2.05, 4.69) is 10.5 Å². The summed E-state index contributed by atoms with van der Waals surface area (Å²) in [4.78, 5) is 23.0. The summed E-state index contributed by atoms with van der Waals surface area (Å²) >= 11 is 5.95. The molecule has 2 aromatic rings. The highest BCUT2D eigenvalue weighted by Gasteiger charge is 2.05. The number of rotatable bonds is 3. The van der Waals surface area contributed by atoms with Crippen molar-refractivity contribution in [1.82, 2.24) is 9.99 Å². The predicted octanol–water partition coefficient (Wildman–Crippen LogP) is 1.80. The van der Waals surface area contributed by atoms with Crippen molar-refractivity contribution in [2.24, 2.45) is 12.1 Å². The summed E-state index contributed by atoms with van der Waals surface area (Å²) in [5.74, 6) is -0.399. The third kappa shape index (κ3) is 3.33. The number of amides is 1. The molecule has 20 heavy (non-hydrogen) atoms. The predicted molar refractivity (Wildman–Crippen MR) is 78.2 cm³/mol. The monoisotopic (exact) mass is 289 g/mol. The Hall–Kier alpha value is -2.40. The van der Waals surface area contributed by atoms with Gasteiger partial charge in [0.15, 0.2) is 0 Å². The highest BCUT2D eigenvalue weighted by Crippen LogP contribution is 2.12. The van der Waals surface area contributed by atoms with Crippen molar-refractivity contribution >= 4 is 23.7 Å². The molecule has 1 heterocycles. The topological polar surface area (TPSA) is 63.5 Å². The van der Waals surface area contributed by atoms with Crippen LogP contribution in [0.4, 0.5) is 0 Å². The summed E-state index contributed by atoms with van der Waals surface area (Å²) < 4.78 is 1.33. The zero-order valence-corrected chi connectivity index (χ0v) is 11.5. The SMILES string of the molecule is Cn1cc(C(=O)N/N=C\c2ccccc2Cl)ccc1=O. The van der Waals surface area contributed by atoms with Gasteiger partial charge in [-0.15, -0.1) is 0 Å². The van der Waals surface area contributed by atoms with Crippen LogP contribution in [-0.2, 0) is 7.05 Å². The Morgan fingerprint density at radius 1 is 1.30 bits per heavy atom. The molecule has 1 N–H and O–H groups in total. The second-order valence-corrected chi connectivity index (χ2v) is 4.49. The van der Waals surface area contributed by atoms with Crippen LogP contribution in [0.25, 0.3) is 0 Å². The number of carbonyl (C=O) groups excluding carboxylic acids is 1. The lowest BCUT2D eigenvalue weighted by Gasteiger charge is -2.02. The quantitative estimate of drug-likeness (QED) is 0.692. The molecule has 0 fully saturated rings. The van der Waals surface area contributed by atoms with E-state index in [1.54, 1.807) is 19.2 Å². The van der Waals surface area contributed by atoms with Gasteiger partial charge in [0.25, 0.3) is 5.91 Å². The molecular weight excluding hydrogens is 278 g/mol. The Labute approximate surface area is 120 Å². The van der Waals surface area contributed by atoms with Crippen LogP contribution in [0.15, 0.2) is 52.5 Å². The van der Waals surface area contributed by atoms with E-state index >= 15 is 0 Å². The number of nitrogens with one attached hydrogen (secondary N) is 1. The molecule has 0 saturated carbocycles. The summed E-state index contributed by atoms with van der Waals surface area (Å²) in [7, 11) is 1.58. The number of aryl methyl sites for hydroxylation is 1. The van der Waals surface area contributed by atoms with E-state index in [-0.39, 0.29) is 5.56 Å². The normalized spacial score (nSPS) is 10.7. The average molecular weight is 290 g/mol. The van der Waals surface area contributed by atoms with Gasteiger partial charge in [0, 0.05) is 29.9 Å². The van der Waals surface area contributed by atoms with Gasteiger partial charge in [0.05, 0.1) is 11.8 Å². The van der Waals surface area contributed by atoms with Crippen LogP contribution in [0.2, 0.25) is 5.02 Å². The van der Waals surface area contributed by atoms with Crippen molar-refractivity contribution in [3.05, 3.63) is 69.1 Å². The van der Waals surface area contributed by atoms with E-state index in [1.807, 2.05) is 12.1 Å². The van der Waals surface area contributed by atoms with Gasteiger partial charge in [-0.1, -0.05) is 29.8 Å². The number of hydrogen-bond donors (Lipinski definition) is 1. The van der Waals surface area contributed by atoms with E-state index in [0.29, 0.717) is 16.1 Å². The van der Waals surface area contributed by atoms with Crippen LogP contribution >= 0.6 is 11.6 Å². The van der Waals surface area contributed by atoms with Crippen LogP contribution in [0.5, 0.6) is 0 Å². The van der Waals surface area contributed by atoms with Gasteiger partial charge in [-0.25, -0.2) is 5.43 Å². The second-order valence-electron chi connectivity index (χ2n) is 4.09. The number of nitrogens with zero attached hydrogens (tertiary/aromatic N) is 2. The highest BCUT2D eigenvalue weighted by molar-refractivity contribution is 6.33. The molecule has 1 aromatic heterocycles. The van der Waals surface area contributed by atoms with Crippen molar-refractivity contribution in [3.63, 3.8) is 0 Å². The minimum atomic E-state index is -0.399. The van der Waals surface area contributed by atoms with Crippen molar-refractivity contribution in [3.8, 4) is 0 Å². The second kappa shape index (κ2) is 6.16. The third-order valence-corrected chi connectivity index (χ3v) is 2.97. The summed E-state index contributed by atoms with van der Waals surface area (Å²) in [6.07, 6.45) is 2.91. The average Bonchev–Trinajstić information content (AvgIpc) is 2.44. The third-order valence-electron chi connectivity index (χ3n) is 2.62. The summed E-state index contributed by atoms with van der Waals surface area (Å²) in [5, 5.41) is 4.38. The van der Waals surface area contributed by atoms with Crippen LogP contribution in [-0.4, -0.2) is 16.7 Å². The Balaban J connectivity index is 2.07. The smallest absolute Gasteiger partial charge is 0.272 e. The molecule has 102 valence electrons. The number of hydrogen-bond acceptors (Lipinski definition) is 3. The molecule has 2 rings (SSSR count). The first-order valence-electron chi connectivity index (χ1n) is 5.82. The van der Waals surface area contributed by atoms with Crippen LogP contribution < -0.4 is 11.0 Å². The summed E-state index contributed by atoms with van der Waals surface area (Å²) in [6, 6.07) is 9.92. The van der Waals surface area contributed by atoms with Gasteiger partial charge in [-0.2, -0.15) is 5.10 Å². The Morgan fingerprint density at radius 2 is 2.05 bits per heavy atom. The first kappa shape index (κ1) is 14.0. The van der Waals surface area contributed by atoms with Gasteiger partial charge < -0.3 is 4.57 Å². The van der Waals surface area contributed by atoms with E-state index in [0.717, 1.165) is 0 Å². The lowest BCUT2D eigenvalue weighted by molar-refractivity contribution is 0.0954. The lowest BCUT2D eigenvalue weighted by Crippen LogP contribution is -2.22. The number of hydrazone groups is 1. The lowest BCUT2D eigenvalue weighted by atomic mass is 10.2. The number of carbonyl (C=O) groups is 1. The van der Waals surface area contributed by atoms with Crippen molar-refractivity contribution in [2.45, 2.75) is 0 Å². The molecule has 5 nitrogen and oxygen atoms in total. The van der Waals surface area contributed by atoms with Gasteiger partial charge in [0.2, 0.25) is 5.56 Å². The maximum atomic E-state index is 11.8. The first-order chi connectivity index (χ1) is 9.58. The van der Waals surface area contributed by atoms with Gasteiger partial charge in [-0.3, -0.25) is 9.59 Å². The highest BCUT2D eigenvalue weighted by atomic mass is 35.5.